The molecule has 3 nitrogen and oxygen atoms in total. The van der Waals surface area contributed by atoms with Crippen molar-refractivity contribution in [3.8, 4) is 5.75 Å². The van der Waals surface area contributed by atoms with Gasteiger partial charge in [-0.3, -0.25) is 0 Å². The van der Waals surface area contributed by atoms with Crippen LogP contribution in [0.3, 0.4) is 0 Å². The fourth-order valence-electron chi connectivity index (χ4n) is 1.66. The maximum absolute atomic E-state index is 10.9. The maximum atomic E-state index is 10.9. The minimum Gasteiger partial charge on any atom is -0.494 e. The summed E-state index contributed by atoms with van der Waals surface area (Å²) in [6.07, 6.45) is 0.435. The molecule has 1 aromatic rings. The smallest absolute Gasteiger partial charge is 0.232 e. The quantitative estimate of drug-likeness (QED) is 0.777. The summed E-state index contributed by atoms with van der Waals surface area (Å²) in [5.41, 5.74) is 3.04. The van der Waals surface area contributed by atoms with Crippen molar-refractivity contribution in [3.63, 3.8) is 0 Å². The van der Waals surface area contributed by atoms with E-state index >= 15 is 0 Å². The molecule has 0 radical (unpaired) electrons. The Hall–Kier alpha value is -0.740. The Morgan fingerprint density at radius 3 is 2.41 bits per heavy atom. The first-order valence-electron chi connectivity index (χ1n) is 5.48. The van der Waals surface area contributed by atoms with Crippen molar-refractivity contribution in [2.24, 2.45) is 0 Å². The first kappa shape index (κ1) is 14.3. The minimum atomic E-state index is -3.43. The third-order valence-electron chi connectivity index (χ3n) is 2.55. The van der Waals surface area contributed by atoms with Crippen LogP contribution in [-0.2, 0) is 15.5 Å². The monoisotopic (exact) mass is 276 g/mol. The summed E-state index contributed by atoms with van der Waals surface area (Å²) in [5, 5.41) is 0. The normalized spacial score (nSPS) is 11.5. The third-order valence-corrected chi connectivity index (χ3v) is 3.70. The Morgan fingerprint density at radius 2 is 1.88 bits per heavy atom. The van der Waals surface area contributed by atoms with Gasteiger partial charge in [0.1, 0.15) is 5.75 Å². The molecule has 0 spiro atoms. The van der Waals surface area contributed by atoms with Gasteiger partial charge in [0.05, 0.1) is 12.4 Å². The van der Waals surface area contributed by atoms with Crippen molar-refractivity contribution in [2.45, 2.75) is 27.2 Å². The number of halogens is 1. The number of aryl methyl sites for hydroxylation is 3. The maximum Gasteiger partial charge on any atom is 0.232 e. The van der Waals surface area contributed by atoms with E-state index in [1.54, 1.807) is 0 Å². The van der Waals surface area contributed by atoms with Crippen molar-refractivity contribution in [1.82, 2.24) is 0 Å². The standard InChI is InChI=1S/C12H17ClO3S/c1-4-16-12-8-9(2)11(7-10(12)3)5-6-17(13,14)15/h7-8H,4-6H2,1-3H3. The molecule has 0 aliphatic heterocycles. The fraction of sp³-hybridized carbons (Fsp3) is 0.500. The van der Waals surface area contributed by atoms with E-state index in [9.17, 15) is 8.42 Å². The summed E-state index contributed by atoms with van der Waals surface area (Å²) in [4.78, 5) is 0. The van der Waals surface area contributed by atoms with Crippen molar-refractivity contribution >= 4 is 19.7 Å². The molecule has 0 fully saturated rings. The van der Waals surface area contributed by atoms with Crippen LogP contribution in [0.4, 0.5) is 0 Å². The van der Waals surface area contributed by atoms with Crippen LogP contribution in [0.5, 0.6) is 5.75 Å². The van der Waals surface area contributed by atoms with Gasteiger partial charge in [0, 0.05) is 10.7 Å². The van der Waals surface area contributed by atoms with E-state index in [1.165, 1.54) is 0 Å². The van der Waals surface area contributed by atoms with E-state index in [1.807, 2.05) is 32.9 Å². The van der Waals surface area contributed by atoms with E-state index < -0.39 is 9.05 Å². The second-order valence-electron chi connectivity index (χ2n) is 3.97. The van der Waals surface area contributed by atoms with Crippen LogP contribution in [0.25, 0.3) is 0 Å². The molecule has 17 heavy (non-hydrogen) atoms. The first-order chi connectivity index (χ1) is 7.83. The SMILES string of the molecule is CCOc1cc(C)c(CCS(=O)(=O)Cl)cc1C. The minimum absolute atomic E-state index is 0.0389. The molecule has 0 saturated heterocycles. The summed E-state index contributed by atoms with van der Waals surface area (Å²) in [6.45, 7) is 6.44. The number of hydrogen-bond donors (Lipinski definition) is 0. The lowest BCUT2D eigenvalue weighted by molar-refractivity contribution is 0.337. The summed E-state index contributed by atoms with van der Waals surface area (Å²) in [5.74, 6) is 0.811. The third kappa shape index (κ3) is 4.56. The van der Waals surface area contributed by atoms with Crippen molar-refractivity contribution in [3.05, 3.63) is 28.8 Å². The molecule has 0 aromatic heterocycles. The molecular formula is C12H17ClO3S. The van der Waals surface area contributed by atoms with Crippen molar-refractivity contribution in [2.75, 3.05) is 12.4 Å². The molecule has 0 heterocycles. The van der Waals surface area contributed by atoms with E-state index in [0.29, 0.717) is 13.0 Å². The van der Waals surface area contributed by atoms with Gasteiger partial charge in [-0.25, -0.2) is 8.42 Å². The van der Waals surface area contributed by atoms with Gasteiger partial charge in [-0.2, -0.15) is 0 Å². The van der Waals surface area contributed by atoms with Gasteiger partial charge in [0.2, 0.25) is 9.05 Å². The van der Waals surface area contributed by atoms with Gasteiger partial charge in [-0.15, -0.1) is 0 Å². The Morgan fingerprint density at radius 1 is 1.24 bits per heavy atom. The zero-order chi connectivity index (χ0) is 13.1. The van der Waals surface area contributed by atoms with Crippen LogP contribution in [-0.4, -0.2) is 20.8 Å². The molecule has 1 aromatic carbocycles. The summed E-state index contributed by atoms with van der Waals surface area (Å²) < 4.78 is 27.3. The van der Waals surface area contributed by atoms with E-state index in [0.717, 1.165) is 22.4 Å². The molecular weight excluding hydrogens is 260 g/mol. The molecule has 0 aliphatic rings. The first-order valence-corrected chi connectivity index (χ1v) is 7.96. The highest BCUT2D eigenvalue weighted by Crippen LogP contribution is 2.23. The molecule has 5 heteroatoms. The van der Waals surface area contributed by atoms with Gasteiger partial charge >= 0.3 is 0 Å². The van der Waals surface area contributed by atoms with Crippen LogP contribution in [0, 0.1) is 13.8 Å². The van der Waals surface area contributed by atoms with Gasteiger partial charge in [0.25, 0.3) is 0 Å². The lowest BCUT2D eigenvalue weighted by Crippen LogP contribution is -2.04. The van der Waals surface area contributed by atoms with Crippen LogP contribution >= 0.6 is 10.7 Å². The average Bonchev–Trinajstić information content (AvgIpc) is 2.20. The van der Waals surface area contributed by atoms with Crippen LogP contribution in [0.15, 0.2) is 12.1 Å². The van der Waals surface area contributed by atoms with Gasteiger partial charge in [-0.05, 0) is 49.9 Å². The summed E-state index contributed by atoms with van der Waals surface area (Å²) in [6, 6.07) is 3.90. The van der Waals surface area contributed by atoms with Crippen molar-refractivity contribution in [1.29, 1.82) is 0 Å². The van der Waals surface area contributed by atoms with Gasteiger partial charge < -0.3 is 4.74 Å². The number of benzene rings is 1. The Bertz CT molecular complexity index is 495. The Balaban J connectivity index is 2.91. The molecule has 0 saturated carbocycles. The molecule has 96 valence electrons. The topological polar surface area (TPSA) is 43.4 Å². The highest BCUT2D eigenvalue weighted by atomic mass is 35.7. The second-order valence-corrected chi connectivity index (χ2v) is 6.87. The van der Waals surface area contributed by atoms with Crippen molar-refractivity contribution < 1.29 is 13.2 Å². The van der Waals surface area contributed by atoms with Crippen LogP contribution in [0.2, 0.25) is 0 Å². The number of rotatable bonds is 5. The lowest BCUT2D eigenvalue weighted by Gasteiger charge is -2.12. The Labute approximate surface area is 107 Å². The largest absolute Gasteiger partial charge is 0.494 e. The average molecular weight is 277 g/mol. The molecule has 1 rings (SSSR count). The van der Waals surface area contributed by atoms with Gasteiger partial charge in [0.15, 0.2) is 0 Å². The second kappa shape index (κ2) is 5.74. The summed E-state index contributed by atoms with van der Waals surface area (Å²) in [7, 11) is 1.77. The molecule has 0 aliphatic carbocycles. The zero-order valence-corrected chi connectivity index (χ0v) is 11.9. The molecule has 0 bridgehead atoms. The fourth-order valence-corrected chi connectivity index (χ4v) is 2.36. The number of ether oxygens (including phenoxy) is 1. The predicted octanol–water partition coefficient (Wildman–Crippen LogP) is 2.81. The van der Waals surface area contributed by atoms with E-state index in [2.05, 4.69) is 0 Å². The summed E-state index contributed by atoms with van der Waals surface area (Å²) >= 11 is 0. The lowest BCUT2D eigenvalue weighted by atomic mass is 10.0. The van der Waals surface area contributed by atoms with Crippen LogP contribution < -0.4 is 4.74 Å². The predicted molar refractivity (Wildman–Crippen MR) is 70.4 cm³/mol. The van der Waals surface area contributed by atoms with E-state index in [4.69, 9.17) is 15.4 Å². The zero-order valence-electron chi connectivity index (χ0n) is 10.3. The molecule has 0 unspecified atom stereocenters. The van der Waals surface area contributed by atoms with Gasteiger partial charge in [-0.1, -0.05) is 6.07 Å². The number of hydrogen-bond acceptors (Lipinski definition) is 3. The molecule has 0 amide bonds. The highest BCUT2D eigenvalue weighted by Gasteiger charge is 2.09. The van der Waals surface area contributed by atoms with Crippen LogP contribution in [0.1, 0.15) is 23.6 Å². The molecule has 0 atom stereocenters. The molecule has 0 N–H and O–H groups in total. The highest BCUT2D eigenvalue weighted by molar-refractivity contribution is 8.13. The van der Waals surface area contributed by atoms with E-state index in [-0.39, 0.29) is 5.75 Å². The Kier molecular flexibility index (Phi) is 4.83.